The highest BCUT2D eigenvalue weighted by Gasteiger charge is 2.38. The predicted molar refractivity (Wildman–Crippen MR) is 108 cm³/mol. The maximum atomic E-state index is 12.9. The molecule has 0 saturated carbocycles. The molecule has 0 bridgehead atoms. The van der Waals surface area contributed by atoms with Crippen LogP contribution in [0.15, 0.2) is 61.2 Å². The van der Waals surface area contributed by atoms with Crippen LogP contribution in [0, 0.1) is 5.92 Å². The molecule has 0 aliphatic carbocycles. The van der Waals surface area contributed by atoms with Crippen LogP contribution in [0.2, 0.25) is 0 Å². The van der Waals surface area contributed by atoms with Crippen molar-refractivity contribution in [2.45, 2.75) is 19.3 Å². The summed E-state index contributed by atoms with van der Waals surface area (Å²) in [5.41, 5.74) is 1.46. The fourth-order valence-corrected chi connectivity index (χ4v) is 3.09. The number of pyridine rings is 2. The first-order chi connectivity index (χ1) is 15.7. The SMILES string of the molecule is O=C(O)C(F)(F)F.O=C(c1ccccn1)N1Cc2ccnn2CC(COc2cccnc2)C1. The predicted octanol–water partition coefficient (Wildman–Crippen LogP) is 2.66. The van der Waals surface area contributed by atoms with Crippen molar-refractivity contribution in [1.29, 1.82) is 0 Å². The van der Waals surface area contributed by atoms with Crippen molar-refractivity contribution in [1.82, 2.24) is 24.6 Å². The van der Waals surface area contributed by atoms with Crippen molar-refractivity contribution < 1.29 is 32.6 Å². The molecule has 1 atom stereocenters. The summed E-state index contributed by atoms with van der Waals surface area (Å²) >= 11 is 0. The van der Waals surface area contributed by atoms with E-state index in [-0.39, 0.29) is 11.8 Å². The molecule has 4 rings (SSSR count). The molecule has 0 saturated heterocycles. The van der Waals surface area contributed by atoms with E-state index in [0.717, 1.165) is 11.4 Å². The van der Waals surface area contributed by atoms with Crippen LogP contribution in [0.4, 0.5) is 13.2 Å². The summed E-state index contributed by atoms with van der Waals surface area (Å²) in [5.74, 6) is -2.00. The smallest absolute Gasteiger partial charge is 0.490 e. The number of aromatic nitrogens is 4. The van der Waals surface area contributed by atoms with Crippen LogP contribution in [-0.2, 0) is 17.9 Å². The first kappa shape index (κ1) is 23.7. The van der Waals surface area contributed by atoms with Gasteiger partial charge in [-0.3, -0.25) is 19.4 Å². The highest BCUT2D eigenvalue weighted by atomic mass is 19.4. The van der Waals surface area contributed by atoms with Gasteiger partial charge in [-0.15, -0.1) is 0 Å². The summed E-state index contributed by atoms with van der Waals surface area (Å²) in [6, 6.07) is 11.0. The topological polar surface area (TPSA) is 110 Å². The lowest BCUT2D eigenvalue weighted by Crippen LogP contribution is -2.36. The molecule has 1 N–H and O–H groups in total. The maximum Gasteiger partial charge on any atom is 0.490 e. The molecule has 0 fully saturated rings. The Balaban J connectivity index is 0.000000383. The van der Waals surface area contributed by atoms with Gasteiger partial charge in [0.05, 0.1) is 25.0 Å². The third kappa shape index (κ3) is 6.76. The van der Waals surface area contributed by atoms with Gasteiger partial charge >= 0.3 is 12.1 Å². The number of hydrogen-bond donors (Lipinski definition) is 1. The Hall–Kier alpha value is -3.96. The molecule has 0 aromatic carbocycles. The van der Waals surface area contributed by atoms with E-state index in [2.05, 4.69) is 15.1 Å². The van der Waals surface area contributed by atoms with E-state index in [9.17, 15) is 18.0 Å². The second-order valence-corrected chi connectivity index (χ2v) is 7.07. The summed E-state index contributed by atoms with van der Waals surface area (Å²) in [7, 11) is 0. The van der Waals surface area contributed by atoms with E-state index in [1.54, 1.807) is 36.9 Å². The van der Waals surface area contributed by atoms with Crippen LogP contribution in [0.1, 0.15) is 16.2 Å². The molecule has 174 valence electrons. The molecule has 3 aromatic heterocycles. The van der Waals surface area contributed by atoms with E-state index in [0.29, 0.717) is 31.9 Å². The average Bonchev–Trinajstić information content (AvgIpc) is 3.16. The van der Waals surface area contributed by atoms with Crippen LogP contribution in [0.3, 0.4) is 0 Å². The van der Waals surface area contributed by atoms with Crippen molar-refractivity contribution in [3.8, 4) is 5.75 Å². The van der Waals surface area contributed by atoms with Gasteiger partial charge < -0.3 is 14.7 Å². The second-order valence-electron chi connectivity index (χ2n) is 7.07. The number of hydrogen-bond acceptors (Lipinski definition) is 6. The molecule has 3 aromatic rings. The van der Waals surface area contributed by atoms with Gasteiger partial charge in [0.1, 0.15) is 11.4 Å². The van der Waals surface area contributed by atoms with Gasteiger partial charge in [0.25, 0.3) is 5.91 Å². The van der Waals surface area contributed by atoms with Crippen LogP contribution >= 0.6 is 0 Å². The highest BCUT2D eigenvalue weighted by molar-refractivity contribution is 5.92. The maximum absolute atomic E-state index is 12.9. The third-order valence-corrected chi connectivity index (χ3v) is 4.60. The number of alkyl halides is 3. The van der Waals surface area contributed by atoms with Gasteiger partial charge in [0, 0.05) is 37.6 Å². The third-order valence-electron chi connectivity index (χ3n) is 4.60. The molecular formula is C21H20F3N5O4. The Bertz CT molecular complexity index is 1060. The number of halogens is 3. The zero-order valence-corrected chi connectivity index (χ0v) is 17.2. The number of amides is 1. The number of carbonyl (C=O) groups is 2. The Morgan fingerprint density at radius 1 is 1.09 bits per heavy atom. The van der Waals surface area contributed by atoms with E-state index in [1.807, 2.05) is 33.8 Å². The van der Waals surface area contributed by atoms with Gasteiger partial charge in [0.15, 0.2) is 0 Å². The molecule has 12 heteroatoms. The minimum absolute atomic E-state index is 0.0772. The van der Waals surface area contributed by atoms with Crippen LogP contribution in [0.25, 0.3) is 0 Å². The molecule has 4 heterocycles. The van der Waals surface area contributed by atoms with Gasteiger partial charge in [-0.25, -0.2) is 4.79 Å². The van der Waals surface area contributed by atoms with Crippen molar-refractivity contribution in [3.63, 3.8) is 0 Å². The van der Waals surface area contributed by atoms with E-state index in [1.165, 1.54) is 0 Å². The lowest BCUT2D eigenvalue weighted by molar-refractivity contribution is -0.192. The lowest BCUT2D eigenvalue weighted by atomic mass is 10.1. The number of aliphatic carboxylic acids is 1. The zero-order valence-electron chi connectivity index (χ0n) is 17.2. The minimum atomic E-state index is -5.08. The summed E-state index contributed by atoms with van der Waals surface area (Å²) < 4.78 is 39.6. The Kier molecular flexibility index (Phi) is 7.59. The quantitative estimate of drug-likeness (QED) is 0.633. The largest absolute Gasteiger partial charge is 0.492 e. The average molecular weight is 463 g/mol. The van der Waals surface area contributed by atoms with Crippen LogP contribution in [-0.4, -0.2) is 61.0 Å². The number of carbonyl (C=O) groups excluding carboxylic acids is 1. The number of ether oxygens (including phenoxy) is 1. The normalized spacial score (nSPS) is 15.5. The molecule has 33 heavy (non-hydrogen) atoms. The van der Waals surface area contributed by atoms with Gasteiger partial charge in [-0.1, -0.05) is 6.07 Å². The molecule has 1 aliphatic heterocycles. The van der Waals surface area contributed by atoms with Gasteiger partial charge in [0.2, 0.25) is 0 Å². The van der Waals surface area contributed by atoms with Crippen LogP contribution in [0.5, 0.6) is 5.75 Å². The minimum Gasteiger partial charge on any atom is -0.492 e. The Morgan fingerprint density at radius 2 is 1.88 bits per heavy atom. The zero-order chi connectivity index (χ0) is 23.8. The van der Waals surface area contributed by atoms with Gasteiger partial charge in [-0.05, 0) is 30.3 Å². The molecule has 1 unspecified atom stereocenters. The van der Waals surface area contributed by atoms with E-state index >= 15 is 0 Å². The van der Waals surface area contributed by atoms with Crippen molar-refractivity contribution >= 4 is 11.9 Å². The molecule has 1 aliphatic rings. The van der Waals surface area contributed by atoms with E-state index in [4.69, 9.17) is 14.6 Å². The Morgan fingerprint density at radius 3 is 2.52 bits per heavy atom. The summed E-state index contributed by atoms with van der Waals surface area (Å²) in [6.45, 7) is 2.28. The second kappa shape index (κ2) is 10.6. The van der Waals surface area contributed by atoms with Crippen molar-refractivity contribution in [2.24, 2.45) is 5.92 Å². The molecular weight excluding hydrogens is 443 g/mol. The van der Waals surface area contributed by atoms with Gasteiger partial charge in [-0.2, -0.15) is 18.3 Å². The number of rotatable bonds is 4. The lowest BCUT2D eigenvalue weighted by Gasteiger charge is -2.24. The monoisotopic (exact) mass is 463 g/mol. The molecule has 9 nitrogen and oxygen atoms in total. The number of carboxylic acids is 1. The molecule has 0 radical (unpaired) electrons. The standard InChI is InChI=1S/C19H19N5O2.C2HF3O2/c25-19(18-5-1-2-8-21-18)23-11-15(12-24-16(13-23)6-9-22-24)14-26-17-4-3-7-20-10-17;3-2(4,5)1(6)7/h1-10,15H,11-14H2;(H,6,7). The summed E-state index contributed by atoms with van der Waals surface area (Å²) in [4.78, 5) is 31.9. The highest BCUT2D eigenvalue weighted by Crippen LogP contribution is 2.19. The fourth-order valence-electron chi connectivity index (χ4n) is 3.09. The number of carboxylic acid groups (broad SMARTS) is 1. The number of nitrogens with zero attached hydrogens (tertiary/aromatic N) is 5. The van der Waals surface area contributed by atoms with Crippen molar-refractivity contribution in [3.05, 3.63) is 72.6 Å². The fraction of sp³-hybridized carbons (Fsp3) is 0.286. The van der Waals surface area contributed by atoms with Crippen LogP contribution < -0.4 is 4.74 Å². The van der Waals surface area contributed by atoms with Crippen molar-refractivity contribution in [2.75, 3.05) is 13.2 Å². The summed E-state index contributed by atoms with van der Waals surface area (Å²) in [5, 5.41) is 11.5. The summed E-state index contributed by atoms with van der Waals surface area (Å²) in [6.07, 6.45) is 1.72. The molecule has 0 spiro atoms. The first-order valence-corrected chi connectivity index (χ1v) is 9.78. The van der Waals surface area contributed by atoms with E-state index < -0.39 is 12.1 Å². The number of fused-ring (bicyclic) bond motifs is 1. The first-order valence-electron chi connectivity index (χ1n) is 9.78. The molecule has 1 amide bonds. The Labute approximate surface area is 186 Å².